The van der Waals surface area contributed by atoms with Crippen LogP contribution in [-0.2, 0) is 19.4 Å². The lowest BCUT2D eigenvalue weighted by Gasteiger charge is -2.19. The van der Waals surface area contributed by atoms with Crippen molar-refractivity contribution in [3.05, 3.63) is 59.7 Å². The lowest BCUT2D eigenvalue weighted by Crippen LogP contribution is -2.28. The van der Waals surface area contributed by atoms with Crippen LogP contribution in [-0.4, -0.2) is 38.7 Å². The van der Waals surface area contributed by atoms with Gasteiger partial charge in [-0.1, -0.05) is 24.3 Å². The molecule has 0 atom stereocenters. The molecule has 1 aliphatic rings. The van der Waals surface area contributed by atoms with E-state index in [-0.39, 0.29) is 16.4 Å². The summed E-state index contributed by atoms with van der Waals surface area (Å²) in [5.41, 5.74) is 2.98. The smallest absolute Gasteiger partial charge is 0.332 e. The van der Waals surface area contributed by atoms with E-state index in [0.29, 0.717) is 30.5 Å². The van der Waals surface area contributed by atoms with Crippen LogP contribution in [0.25, 0.3) is 11.1 Å². The van der Waals surface area contributed by atoms with Crippen LogP contribution in [0.5, 0.6) is 0 Å². The third-order valence-corrected chi connectivity index (χ3v) is 6.04. The van der Waals surface area contributed by atoms with Crippen molar-refractivity contribution in [1.29, 1.82) is 0 Å². The Morgan fingerprint density at radius 1 is 0.893 bits per heavy atom. The van der Waals surface area contributed by atoms with Crippen LogP contribution in [0.3, 0.4) is 0 Å². The van der Waals surface area contributed by atoms with E-state index in [4.69, 9.17) is 0 Å². The quantitative estimate of drug-likeness (QED) is 0.833. The van der Waals surface area contributed by atoms with E-state index in [9.17, 15) is 23.1 Å². The summed E-state index contributed by atoms with van der Waals surface area (Å²) in [4.78, 5) is 25.7. The highest BCUT2D eigenvalue weighted by Gasteiger charge is 2.27. The van der Waals surface area contributed by atoms with Gasteiger partial charge < -0.3 is 10.0 Å². The molecule has 7 heteroatoms. The molecule has 0 saturated heterocycles. The van der Waals surface area contributed by atoms with Gasteiger partial charge in [0.2, 0.25) is 0 Å². The molecule has 0 spiro atoms. The molecule has 0 bridgehead atoms. The first-order chi connectivity index (χ1) is 13.2. The second-order valence-corrected chi connectivity index (χ2v) is 8.84. The third kappa shape index (κ3) is 3.99. The lowest BCUT2D eigenvalue weighted by molar-refractivity contribution is -0.133. The Labute approximate surface area is 164 Å². The summed E-state index contributed by atoms with van der Waals surface area (Å²) in [6.07, 6.45) is 2.75. The summed E-state index contributed by atoms with van der Waals surface area (Å²) < 4.78 is 23.1. The van der Waals surface area contributed by atoms with E-state index in [1.807, 2.05) is 12.1 Å². The SMILES string of the molecule is CN(C(=O)C1=C(C(=O)O)CCC1)c1ccc(-c2ccc(S(C)(=O)=O)cc2)cc1. The van der Waals surface area contributed by atoms with Crippen molar-refractivity contribution in [3.63, 3.8) is 0 Å². The highest BCUT2D eigenvalue weighted by Crippen LogP contribution is 2.30. The molecule has 0 radical (unpaired) electrons. The largest absolute Gasteiger partial charge is 0.478 e. The Morgan fingerprint density at radius 2 is 1.39 bits per heavy atom. The maximum absolute atomic E-state index is 12.7. The van der Waals surface area contributed by atoms with Crippen LogP contribution in [0, 0.1) is 0 Å². The Hall–Kier alpha value is -2.93. The van der Waals surface area contributed by atoms with Gasteiger partial charge >= 0.3 is 5.97 Å². The van der Waals surface area contributed by atoms with Gasteiger partial charge in [-0.2, -0.15) is 0 Å². The van der Waals surface area contributed by atoms with Gasteiger partial charge in [-0.3, -0.25) is 4.79 Å². The number of sulfone groups is 1. The minimum atomic E-state index is -3.24. The number of carboxylic acids is 1. The average Bonchev–Trinajstić information content (AvgIpc) is 3.16. The molecule has 0 fully saturated rings. The molecule has 0 aliphatic heterocycles. The van der Waals surface area contributed by atoms with Gasteiger partial charge in [0.25, 0.3) is 5.91 Å². The summed E-state index contributed by atoms with van der Waals surface area (Å²) in [6, 6.07) is 13.9. The predicted octanol–water partition coefficient (Wildman–Crippen LogP) is 3.29. The van der Waals surface area contributed by atoms with Gasteiger partial charge in [-0.15, -0.1) is 0 Å². The van der Waals surface area contributed by atoms with Crippen LogP contribution in [0.15, 0.2) is 64.6 Å². The summed E-state index contributed by atoms with van der Waals surface area (Å²) in [5.74, 6) is -1.32. The molecule has 2 aromatic rings. The number of likely N-dealkylation sites (N-methyl/N-ethyl adjacent to an activating group) is 1. The average molecular weight is 399 g/mol. The minimum absolute atomic E-state index is 0.208. The molecular formula is C21H21NO5S. The second kappa shape index (κ2) is 7.59. The summed E-state index contributed by atoms with van der Waals surface area (Å²) in [5, 5.41) is 9.25. The summed E-state index contributed by atoms with van der Waals surface area (Å²) in [7, 11) is -1.61. The minimum Gasteiger partial charge on any atom is -0.478 e. The number of amides is 1. The van der Waals surface area contributed by atoms with Crippen LogP contribution in [0.1, 0.15) is 19.3 Å². The fraction of sp³-hybridized carbons (Fsp3) is 0.238. The number of nitrogens with zero attached hydrogens (tertiary/aromatic N) is 1. The molecule has 1 aliphatic carbocycles. The van der Waals surface area contributed by atoms with Gasteiger partial charge in [0.15, 0.2) is 9.84 Å². The monoisotopic (exact) mass is 399 g/mol. The van der Waals surface area contributed by atoms with E-state index in [2.05, 4.69) is 0 Å². The zero-order chi connectivity index (χ0) is 20.5. The number of hydrogen-bond donors (Lipinski definition) is 1. The fourth-order valence-corrected chi connectivity index (χ4v) is 3.94. The summed E-state index contributed by atoms with van der Waals surface area (Å²) in [6.45, 7) is 0. The van der Waals surface area contributed by atoms with E-state index in [0.717, 1.165) is 11.1 Å². The number of carbonyl (C=O) groups is 2. The number of carbonyl (C=O) groups excluding carboxylic acids is 1. The molecule has 2 aromatic carbocycles. The van der Waals surface area contributed by atoms with Crippen molar-refractivity contribution in [3.8, 4) is 11.1 Å². The van der Waals surface area contributed by atoms with E-state index >= 15 is 0 Å². The van der Waals surface area contributed by atoms with Gasteiger partial charge in [0, 0.05) is 30.1 Å². The fourth-order valence-electron chi connectivity index (χ4n) is 3.31. The molecule has 6 nitrogen and oxygen atoms in total. The number of benzene rings is 2. The van der Waals surface area contributed by atoms with Crippen LogP contribution in [0.2, 0.25) is 0 Å². The van der Waals surface area contributed by atoms with Crippen LogP contribution >= 0.6 is 0 Å². The van der Waals surface area contributed by atoms with Crippen LogP contribution in [0.4, 0.5) is 5.69 Å². The van der Waals surface area contributed by atoms with Crippen molar-refractivity contribution in [2.75, 3.05) is 18.2 Å². The molecule has 1 amide bonds. The van der Waals surface area contributed by atoms with Gasteiger partial charge in [0.1, 0.15) is 0 Å². The molecule has 3 rings (SSSR count). The highest BCUT2D eigenvalue weighted by atomic mass is 32.2. The molecule has 0 aromatic heterocycles. The molecule has 0 heterocycles. The van der Waals surface area contributed by atoms with E-state index in [1.165, 1.54) is 11.2 Å². The van der Waals surface area contributed by atoms with Crippen molar-refractivity contribution in [2.45, 2.75) is 24.2 Å². The number of carboxylic acid groups (broad SMARTS) is 1. The Kier molecular flexibility index (Phi) is 5.38. The predicted molar refractivity (Wildman–Crippen MR) is 107 cm³/mol. The lowest BCUT2D eigenvalue weighted by atomic mass is 10.0. The standard InChI is InChI=1S/C21H21NO5S/c1-22(20(23)18-4-3-5-19(18)21(24)25)16-10-6-14(7-11-16)15-8-12-17(13-9-15)28(2,26)27/h6-13H,3-5H2,1-2H3,(H,24,25). The first kappa shape index (κ1) is 19.8. The maximum atomic E-state index is 12.7. The molecule has 0 saturated carbocycles. The molecule has 28 heavy (non-hydrogen) atoms. The van der Waals surface area contributed by atoms with Gasteiger partial charge in [-0.05, 0) is 54.7 Å². The number of hydrogen-bond acceptors (Lipinski definition) is 4. The number of rotatable bonds is 5. The molecular weight excluding hydrogens is 378 g/mol. The topological polar surface area (TPSA) is 91.8 Å². The van der Waals surface area contributed by atoms with E-state index in [1.54, 1.807) is 43.4 Å². The Balaban J connectivity index is 1.81. The second-order valence-electron chi connectivity index (χ2n) is 6.82. The van der Waals surface area contributed by atoms with Crippen molar-refractivity contribution in [1.82, 2.24) is 0 Å². The highest BCUT2D eigenvalue weighted by molar-refractivity contribution is 7.90. The molecule has 1 N–H and O–H groups in total. The Morgan fingerprint density at radius 3 is 1.89 bits per heavy atom. The van der Waals surface area contributed by atoms with Crippen molar-refractivity contribution >= 4 is 27.4 Å². The molecule has 0 unspecified atom stereocenters. The zero-order valence-electron chi connectivity index (χ0n) is 15.7. The first-order valence-electron chi connectivity index (χ1n) is 8.82. The Bertz CT molecular complexity index is 1050. The molecule has 146 valence electrons. The van der Waals surface area contributed by atoms with Crippen molar-refractivity contribution in [2.24, 2.45) is 0 Å². The zero-order valence-corrected chi connectivity index (χ0v) is 16.5. The third-order valence-electron chi connectivity index (χ3n) is 4.91. The van der Waals surface area contributed by atoms with Crippen molar-refractivity contribution < 1.29 is 23.1 Å². The summed E-state index contributed by atoms with van der Waals surface area (Å²) >= 11 is 0. The normalized spacial score (nSPS) is 14.2. The van der Waals surface area contributed by atoms with Gasteiger partial charge in [0.05, 0.1) is 4.90 Å². The first-order valence-corrected chi connectivity index (χ1v) is 10.7. The number of anilines is 1. The van der Waals surface area contributed by atoms with E-state index < -0.39 is 15.8 Å². The van der Waals surface area contributed by atoms with Gasteiger partial charge in [-0.25, -0.2) is 13.2 Å². The maximum Gasteiger partial charge on any atom is 0.332 e. The number of aliphatic carboxylic acids is 1. The van der Waals surface area contributed by atoms with Crippen LogP contribution < -0.4 is 4.90 Å².